The van der Waals surface area contributed by atoms with Gasteiger partial charge in [0.25, 0.3) is 0 Å². The Kier molecular flexibility index (Phi) is 15.0. The maximum absolute atomic E-state index is 13.3. The number of carbonyl (C=O) groups is 2. The molecule has 0 unspecified atom stereocenters. The minimum atomic E-state index is -1.85. The van der Waals surface area contributed by atoms with Crippen LogP contribution in [0.25, 0.3) is 0 Å². The van der Waals surface area contributed by atoms with E-state index in [2.05, 4.69) is 27.7 Å². The Morgan fingerprint density at radius 1 is 0.902 bits per heavy atom. The van der Waals surface area contributed by atoms with Gasteiger partial charge >= 0.3 is 5.97 Å². The van der Waals surface area contributed by atoms with Crippen LogP contribution < -0.4 is 0 Å². The number of aliphatic carboxylic acids is 1. The molecule has 14 heteroatoms. The molecule has 6 rings (SSSR count). The van der Waals surface area contributed by atoms with Gasteiger partial charge in [-0.3, -0.25) is 9.59 Å². The molecule has 6 aliphatic rings. The van der Waals surface area contributed by atoms with Crippen LogP contribution in [0.1, 0.15) is 134 Å². The third kappa shape index (κ3) is 9.57. The van der Waals surface area contributed by atoms with Gasteiger partial charge < -0.3 is 58.3 Å². The Morgan fingerprint density at radius 2 is 1.61 bits per heavy atom. The SMILES string of the molecule is CO[C@H]1CC[C@H](O[C@H]2[C@H](C)[C@@H]([C@@H]3C[C@@H](C)[C@]4(O3)O[C@H]([C@]3(C)CC[C@@]5(C[C@@H](O)[C@@H](C)[C@H]([C@H](C)/C=C(\C)C(=O)[C@H](C)C[C@H](C)C(=O)O)O5)O3)CC[C@H]4C)O[C@](O)(CO)[C@@H]2C)O[C@H]1C. The number of hydrogen-bond donors (Lipinski definition) is 4. The first-order chi connectivity index (χ1) is 28.5. The van der Waals surface area contributed by atoms with E-state index >= 15 is 0 Å². The Balaban J connectivity index is 1.15. The van der Waals surface area contributed by atoms with Gasteiger partial charge in [-0.1, -0.05) is 61.5 Å². The van der Waals surface area contributed by atoms with E-state index in [0.29, 0.717) is 37.7 Å². The van der Waals surface area contributed by atoms with Gasteiger partial charge in [-0.05, 0) is 64.9 Å². The summed E-state index contributed by atoms with van der Waals surface area (Å²) in [7, 11) is 1.69. The molecule has 0 aromatic heterocycles. The van der Waals surface area contributed by atoms with Crippen LogP contribution in [0.3, 0.4) is 0 Å². The maximum atomic E-state index is 13.3. The molecule has 0 radical (unpaired) electrons. The minimum Gasteiger partial charge on any atom is -0.481 e. The zero-order valence-electron chi connectivity index (χ0n) is 38.8. The topological polar surface area (TPSA) is 189 Å². The fraction of sp³-hybridized carbons (Fsp3) is 0.915. The molecule has 6 aliphatic heterocycles. The molecule has 350 valence electrons. The van der Waals surface area contributed by atoms with E-state index < -0.39 is 90.1 Å². The average molecular weight is 867 g/mol. The molecule has 6 heterocycles. The summed E-state index contributed by atoms with van der Waals surface area (Å²) in [5.74, 6) is -7.13. The van der Waals surface area contributed by atoms with Crippen molar-refractivity contribution in [2.75, 3.05) is 13.7 Å². The lowest BCUT2D eigenvalue weighted by Gasteiger charge is -2.52. The van der Waals surface area contributed by atoms with Gasteiger partial charge in [0, 0.05) is 67.8 Å². The number of aliphatic hydroxyl groups is 3. The fourth-order valence-corrected chi connectivity index (χ4v) is 11.8. The van der Waals surface area contributed by atoms with E-state index in [0.717, 1.165) is 19.3 Å². The predicted octanol–water partition coefficient (Wildman–Crippen LogP) is 6.15. The lowest BCUT2D eigenvalue weighted by Crippen LogP contribution is -2.63. The third-order valence-electron chi connectivity index (χ3n) is 15.9. The van der Waals surface area contributed by atoms with Crippen LogP contribution in [0.5, 0.6) is 0 Å². The van der Waals surface area contributed by atoms with Crippen molar-refractivity contribution in [1.29, 1.82) is 0 Å². The summed E-state index contributed by atoms with van der Waals surface area (Å²) >= 11 is 0. The van der Waals surface area contributed by atoms with Crippen LogP contribution in [-0.2, 0) is 47.5 Å². The van der Waals surface area contributed by atoms with Crippen LogP contribution in [0.4, 0.5) is 0 Å². The quantitative estimate of drug-likeness (QED) is 0.154. The number of ether oxygens (including phenoxy) is 8. The van der Waals surface area contributed by atoms with E-state index in [1.807, 2.05) is 33.8 Å². The number of hydrogen-bond acceptors (Lipinski definition) is 13. The molecule has 0 amide bonds. The Bertz CT molecular complexity index is 1570. The van der Waals surface area contributed by atoms with Gasteiger partial charge in [0.2, 0.25) is 0 Å². The van der Waals surface area contributed by atoms with E-state index in [-0.39, 0.29) is 60.1 Å². The Labute approximate surface area is 363 Å². The van der Waals surface area contributed by atoms with Crippen LogP contribution in [-0.4, -0.2) is 124 Å². The molecule has 61 heavy (non-hydrogen) atoms. The van der Waals surface area contributed by atoms with Gasteiger partial charge in [-0.15, -0.1) is 0 Å². The number of carboxylic acid groups (broad SMARTS) is 1. The molecule has 4 N–H and O–H groups in total. The second kappa shape index (κ2) is 18.7. The minimum absolute atomic E-state index is 0.0147. The van der Waals surface area contributed by atoms with E-state index in [4.69, 9.17) is 37.9 Å². The highest BCUT2D eigenvalue weighted by molar-refractivity contribution is 5.96. The molecule has 6 fully saturated rings. The molecule has 0 aromatic rings. The Hall–Kier alpha value is -1.56. The molecular formula is C47H78O14. The lowest BCUT2D eigenvalue weighted by atomic mass is 9.77. The van der Waals surface area contributed by atoms with Crippen LogP contribution in [0.2, 0.25) is 0 Å². The molecule has 6 saturated heterocycles. The standard InChI is InChI=1S/C47H78O14/c1-24(39(50)25(2)20-27(4)43(51)52)19-26(3)40-30(7)34(49)22-45(59-40)18-17-44(11,61-45)37-15-13-28(5)47(58-37)29(6)21-36(57-47)42-31(8)41(32(9)46(53,23-48)60-42)56-38-16-14-35(54-12)33(10)55-38/h19,25-38,40-42,48-49,53H,13-18,20-23H2,1-12H3,(H,51,52)/b24-19+/t25-,26-,27+,28-,29-,30-,31+,32-,33+,34-,35+,36+,37+,38+,40+,41+,42+,44+,45+,46-,47-/m1/s1. The number of rotatable bonds is 13. The second-order valence-corrected chi connectivity index (χ2v) is 20.5. The average Bonchev–Trinajstić information content (AvgIpc) is 3.72. The molecule has 14 nitrogen and oxygen atoms in total. The first-order valence-corrected chi connectivity index (χ1v) is 23.2. The van der Waals surface area contributed by atoms with Crippen molar-refractivity contribution >= 4 is 11.8 Å². The zero-order chi connectivity index (χ0) is 45.0. The summed E-state index contributed by atoms with van der Waals surface area (Å²) in [5.41, 5.74) is -0.196. The van der Waals surface area contributed by atoms with Gasteiger partial charge in [0.1, 0.15) is 0 Å². The summed E-state index contributed by atoms with van der Waals surface area (Å²) in [6.45, 7) is 20.8. The van der Waals surface area contributed by atoms with Crippen molar-refractivity contribution in [3.63, 3.8) is 0 Å². The lowest BCUT2D eigenvalue weighted by molar-refractivity contribution is -0.384. The highest BCUT2D eigenvalue weighted by atomic mass is 16.8. The monoisotopic (exact) mass is 867 g/mol. The maximum Gasteiger partial charge on any atom is 0.306 e. The molecule has 2 spiro atoms. The molecule has 0 saturated carbocycles. The zero-order valence-corrected chi connectivity index (χ0v) is 38.8. The van der Waals surface area contributed by atoms with Crippen molar-refractivity contribution in [3.8, 4) is 0 Å². The summed E-state index contributed by atoms with van der Waals surface area (Å²) in [4.78, 5) is 24.7. The largest absolute Gasteiger partial charge is 0.481 e. The number of aliphatic hydroxyl groups excluding tert-OH is 2. The second-order valence-electron chi connectivity index (χ2n) is 20.5. The van der Waals surface area contributed by atoms with Gasteiger partial charge in [-0.2, -0.15) is 0 Å². The Morgan fingerprint density at radius 3 is 2.25 bits per heavy atom. The normalized spacial score (nSPS) is 48.6. The van der Waals surface area contributed by atoms with Gasteiger partial charge in [-0.25, -0.2) is 0 Å². The highest BCUT2D eigenvalue weighted by Crippen LogP contribution is 2.56. The van der Waals surface area contributed by atoms with Crippen molar-refractivity contribution in [2.45, 2.75) is 212 Å². The summed E-state index contributed by atoms with van der Waals surface area (Å²) < 4.78 is 53.1. The number of carboxylic acids is 1. The van der Waals surface area contributed by atoms with Gasteiger partial charge in [0.05, 0.1) is 67.0 Å². The first-order valence-electron chi connectivity index (χ1n) is 23.2. The molecule has 0 bridgehead atoms. The summed E-state index contributed by atoms with van der Waals surface area (Å²) in [5, 5.41) is 43.1. The molecule has 0 aromatic carbocycles. The van der Waals surface area contributed by atoms with E-state index in [9.17, 15) is 30.0 Å². The molecular weight excluding hydrogens is 789 g/mol. The van der Waals surface area contributed by atoms with Crippen molar-refractivity contribution < 1.29 is 67.9 Å². The van der Waals surface area contributed by atoms with Crippen LogP contribution >= 0.6 is 0 Å². The van der Waals surface area contributed by atoms with Crippen molar-refractivity contribution in [2.24, 2.45) is 47.3 Å². The molecule has 21 atom stereocenters. The number of allylic oxidation sites excluding steroid dienone is 1. The smallest absolute Gasteiger partial charge is 0.306 e. The van der Waals surface area contributed by atoms with E-state index in [1.165, 1.54) is 0 Å². The van der Waals surface area contributed by atoms with Crippen molar-refractivity contribution in [3.05, 3.63) is 11.6 Å². The van der Waals surface area contributed by atoms with Crippen molar-refractivity contribution in [1.82, 2.24) is 0 Å². The number of ketones is 1. The van der Waals surface area contributed by atoms with Gasteiger partial charge in [0.15, 0.2) is 29.4 Å². The number of Topliss-reactive ketones (excluding diaryl/α,β-unsaturated/α-hetero) is 1. The highest BCUT2D eigenvalue weighted by Gasteiger charge is 2.64. The molecule has 0 aliphatic carbocycles. The summed E-state index contributed by atoms with van der Waals surface area (Å²) in [6, 6.07) is 0. The first kappa shape index (κ1) is 48.9. The van der Waals surface area contributed by atoms with Crippen LogP contribution in [0, 0.1) is 47.3 Å². The summed E-state index contributed by atoms with van der Waals surface area (Å²) in [6.07, 6.45) is 3.63. The van der Waals surface area contributed by atoms with E-state index in [1.54, 1.807) is 27.9 Å². The number of methoxy groups -OCH3 is 1. The fourth-order valence-electron chi connectivity index (χ4n) is 11.8. The third-order valence-corrected chi connectivity index (χ3v) is 15.9. The predicted molar refractivity (Wildman–Crippen MR) is 224 cm³/mol. The van der Waals surface area contributed by atoms with Crippen LogP contribution in [0.15, 0.2) is 11.6 Å². The number of carbonyl (C=O) groups excluding carboxylic acids is 1.